The molecule has 0 saturated carbocycles. The van der Waals surface area contributed by atoms with Crippen LogP contribution in [-0.2, 0) is 9.47 Å². The summed E-state index contributed by atoms with van der Waals surface area (Å²) in [4.78, 5) is 0. The standard InChI is InChI=1S/C26H52NO2/c1-6-8-10-12-14-16-18-20-22-28-25-26(24-27(3,4)5)29-23-21-19-17-15-13-11-9-7-2/h14-17,26H,6-13,18-25H2,1-5H3/q+1. The minimum absolute atomic E-state index is 0.188. The number of ether oxygens (including phenoxy) is 2. The molecule has 0 amide bonds. The Morgan fingerprint density at radius 2 is 1.14 bits per heavy atom. The van der Waals surface area contributed by atoms with Crippen LogP contribution in [0, 0.1) is 0 Å². The fraction of sp³-hybridized carbons (Fsp3) is 0.846. The summed E-state index contributed by atoms with van der Waals surface area (Å²) < 4.78 is 13.0. The zero-order chi connectivity index (χ0) is 21.6. The molecule has 0 fully saturated rings. The first-order valence-corrected chi connectivity index (χ1v) is 12.3. The van der Waals surface area contributed by atoms with Crippen LogP contribution < -0.4 is 0 Å². The lowest BCUT2D eigenvalue weighted by Gasteiger charge is -2.29. The predicted octanol–water partition coefficient (Wildman–Crippen LogP) is 6.93. The Kier molecular flexibility index (Phi) is 20.2. The van der Waals surface area contributed by atoms with Crippen LogP contribution in [-0.4, -0.2) is 58.1 Å². The largest absolute Gasteiger partial charge is 0.379 e. The van der Waals surface area contributed by atoms with Crippen molar-refractivity contribution in [1.29, 1.82) is 0 Å². The van der Waals surface area contributed by atoms with Gasteiger partial charge in [0.1, 0.15) is 12.6 Å². The van der Waals surface area contributed by atoms with Gasteiger partial charge in [-0.05, 0) is 51.4 Å². The van der Waals surface area contributed by atoms with Gasteiger partial charge in [0.15, 0.2) is 0 Å². The molecule has 0 spiro atoms. The Bertz CT molecular complexity index is 385. The molecule has 1 atom stereocenters. The van der Waals surface area contributed by atoms with Crippen molar-refractivity contribution in [2.75, 3.05) is 47.5 Å². The minimum Gasteiger partial charge on any atom is -0.379 e. The highest BCUT2D eigenvalue weighted by Crippen LogP contribution is 2.06. The summed E-state index contributed by atoms with van der Waals surface area (Å²) in [5.74, 6) is 0. The van der Waals surface area contributed by atoms with E-state index in [4.69, 9.17) is 9.47 Å². The number of hydrogen-bond acceptors (Lipinski definition) is 2. The first-order chi connectivity index (χ1) is 14.0. The minimum atomic E-state index is 0.188. The van der Waals surface area contributed by atoms with Crippen LogP contribution >= 0.6 is 0 Å². The molecule has 29 heavy (non-hydrogen) atoms. The van der Waals surface area contributed by atoms with Crippen LogP contribution in [0.15, 0.2) is 24.3 Å². The second-order valence-electron chi connectivity index (χ2n) is 9.26. The van der Waals surface area contributed by atoms with E-state index in [2.05, 4.69) is 59.3 Å². The molecule has 0 bridgehead atoms. The summed E-state index contributed by atoms with van der Waals surface area (Å²) in [6.07, 6.45) is 24.3. The van der Waals surface area contributed by atoms with E-state index < -0.39 is 0 Å². The second-order valence-corrected chi connectivity index (χ2v) is 9.26. The molecule has 0 aromatic heterocycles. The molecule has 0 rings (SSSR count). The fourth-order valence-corrected chi connectivity index (χ4v) is 3.23. The molecule has 172 valence electrons. The molecule has 0 aromatic rings. The van der Waals surface area contributed by atoms with Crippen LogP contribution in [0.2, 0.25) is 0 Å². The molecule has 3 heteroatoms. The Morgan fingerprint density at radius 1 is 0.655 bits per heavy atom. The smallest absolute Gasteiger partial charge is 0.130 e. The summed E-state index contributed by atoms with van der Waals surface area (Å²) >= 11 is 0. The highest BCUT2D eigenvalue weighted by Gasteiger charge is 2.18. The van der Waals surface area contributed by atoms with Gasteiger partial charge in [-0.2, -0.15) is 0 Å². The van der Waals surface area contributed by atoms with Crippen LogP contribution in [0.1, 0.15) is 90.9 Å². The van der Waals surface area contributed by atoms with Crippen LogP contribution in [0.25, 0.3) is 0 Å². The normalized spacial score (nSPS) is 13.7. The van der Waals surface area contributed by atoms with Crippen LogP contribution in [0.4, 0.5) is 0 Å². The van der Waals surface area contributed by atoms with E-state index >= 15 is 0 Å². The predicted molar refractivity (Wildman–Crippen MR) is 128 cm³/mol. The highest BCUT2D eigenvalue weighted by molar-refractivity contribution is 4.82. The Hall–Kier alpha value is -0.640. The van der Waals surface area contributed by atoms with Gasteiger partial charge in [0.05, 0.1) is 27.7 Å². The van der Waals surface area contributed by atoms with Crippen LogP contribution in [0.5, 0.6) is 0 Å². The van der Waals surface area contributed by atoms with Crippen molar-refractivity contribution in [1.82, 2.24) is 0 Å². The van der Waals surface area contributed by atoms with Gasteiger partial charge in [-0.15, -0.1) is 0 Å². The number of rotatable bonds is 21. The Balaban J connectivity index is 3.85. The van der Waals surface area contributed by atoms with Crippen molar-refractivity contribution in [3.05, 3.63) is 24.3 Å². The SMILES string of the molecule is CCCCCC=CCCCOCC(C[N+](C)(C)C)OCCCC=CCCCCC. The Morgan fingerprint density at radius 3 is 1.62 bits per heavy atom. The molecule has 0 aromatic carbocycles. The van der Waals surface area contributed by atoms with E-state index in [-0.39, 0.29) is 6.10 Å². The van der Waals surface area contributed by atoms with Crippen molar-refractivity contribution >= 4 is 0 Å². The molecule has 0 radical (unpaired) electrons. The summed E-state index contributed by atoms with van der Waals surface area (Å²) in [6, 6.07) is 0. The van der Waals surface area contributed by atoms with E-state index in [1.165, 1.54) is 51.4 Å². The van der Waals surface area contributed by atoms with E-state index in [1.54, 1.807) is 0 Å². The summed E-state index contributed by atoms with van der Waals surface area (Å²) in [5.41, 5.74) is 0. The van der Waals surface area contributed by atoms with E-state index in [1.807, 2.05) is 0 Å². The monoisotopic (exact) mass is 410 g/mol. The third-order valence-electron chi connectivity index (χ3n) is 4.87. The van der Waals surface area contributed by atoms with Crippen molar-refractivity contribution in [3.63, 3.8) is 0 Å². The maximum atomic E-state index is 6.16. The molecule has 0 aliphatic heterocycles. The molecule has 0 aliphatic carbocycles. The zero-order valence-corrected chi connectivity index (χ0v) is 20.5. The average molecular weight is 411 g/mol. The van der Waals surface area contributed by atoms with E-state index in [0.29, 0.717) is 6.61 Å². The molecule has 1 unspecified atom stereocenters. The van der Waals surface area contributed by atoms with Gasteiger partial charge in [0.25, 0.3) is 0 Å². The number of unbranched alkanes of at least 4 members (excludes halogenated alkanes) is 8. The average Bonchev–Trinajstić information content (AvgIpc) is 2.66. The molecule has 0 heterocycles. The lowest BCUT2D eigenvalue weighted by molar-refractivity contribution is -0.873. The molecule has 0 aliphatic rings. The van der Waals surface area contributed by atoms with Crippen LogP contribution in [0.3, 0.4) is 0 Å². The van der Waals surface area contributed by atoms with Gasteiger partial charge in [-0.3, -0.25) is 0 Å². The number of nitrogens with zero attached hydrogens (tertiary/aromatic N) is 1. The quantitative estimate of drug-likeness (QED) is 0.116. The molecule has 0 saturated heterocycles. The highest BCUT2D eigenvalue weighted by atomic mass is 16.5. The fourth-order valence-electron chi connectivity index (χ4n) is 3.23. The first kappa shape index (κ1) is 28.4. The summed E-state index contributed by atoms with van der Waals surface area (Å²) in [5, 5.41) is 0. The second kappa shape index (κ2) is 20.6. The van der Waals surface area contributed by atoms with Crippen molar-refractivity contribution in [2.45, 2.75) is 97.0 Å². The first-order valence-electron chi connectivity index (χ1n) is 12.3. The van der Waals surface area contributed by atoms with Gasteiger partial charge in [-0.25, -0.2) is 0 Å². The maximum Gasteiger partial charge on any atom is 0.130 e. The molecular weight excluding hydrogens is 358 g/mol. The Labute approximate surface area is 183 Å². The number of hydrogen-bond donors (Lipinski definition) is 0. The third-order valence-corrected chi connectivity index (χ3v) is 4.87. The number of likely N-dealkylation sites (N-methyl/N-ethyl adjacent to an activating group) is 1. The lowest BCUT2D eigenvalue weighted by atomic mass is 10.2. The topological polar surface area (TPSA) is 18.5 Å². The van der Waals surface area contributed by atoms with Crippen molar-refractivity contribution in [3.8, 4) is 0 Å². The summed E-state index contributed by atoms with van der Waals surface area (Å²) in [7, 11) is 6.66. The molecule has 3 nitrogen and oxygen atoms in total. The van der Waals surface area contributed by atoms with E-state index in [9.17, 15) is 0 Å². The number of allylic oxidation sites excluding steroid dienone is 4. The van der Waals surface area contributed by atoms with E-state index in [0.717, 1.165) is 49.9 Å². The van der Waals surface area contributed by atoms with Gasteiger partial charge in [-0.1, -0.05) is 63.8 Å². The van der Waals surface area contributed by atoms with Gasteiger partial charge in [0, 0.05) is 13.2 Å². The summed E-state index contributed by atoms with van der Waals surface area (Å²) in [6.45, 7) is 7.87. The molecular formula is C26H52NO2+. The molecule has 0 N–H and O–H groups in total. The maximum absolute atomic E-state index is 6.16. The van der Waals surface area contributed by atoms with Crippen molar-refractivity contribution < 1.29 is 14.0 Å². The van der Waals surface area contributed by atoms with Crippen molar-refractivity contribution in [2.24, 2.45) is 0 Å². The lowest BCUT2D eigenvalue weighted by Crippen LogP contribution is -2.44. The number of quaternary nitrogens is 1. The van der Waals surface area contributed by atoms with Gasteiger partial charge >= 0.3 is 0 Å². The van der Waals surface area contributed by atoms with Gasteiger partial charge in [0.2, 0.25) is 0 Å². The van der Waals surface area contributed by atoms with Gasteiger partial charge < -0.3 is 14.0 Å². The third kappa shape index (κ3) is 23.5. The zero-order valence-electron chi connectivity index (χ0n) is 20.5.